The first-order valence-electron chi connectivity index (χ1n) is 5.13. The molecule has 0 saturated heterocycles. The van der Waals surface area contributed by atoms with Gasteiger partial charge >= 0.3 is 0 Å². The van der Waals surface area contributed by atoms with Crippen LogP contribution in [0.25, 0.3) is 0 Å². The van der Waals surface area contributed by atoms with E-state index in [0.717, 1.165) is 22.5 Å². The van der Waals surface area contributed by atoms with E-state index >= 15 is 0 Å². The summed E-state index contributed by atoms with van der Waals surface area (Å²) in [7, 11) is 0. The van der Waals surface area contributed by atoms with Crippen LogP contribution in [0, 0.1) is 0 Å². The molecule has 1 heterocycles. The van der Waals surface area contributed by atoms with Crippen molar-refractivity contribution < 1.29 is 4.42 Å². The van der Waals surface area contributed by atoms with E-state index < -0.39 is 0 Å². The highest BCUT2D eigenvalue weighted by Crippen LogP contribution is 2.24. The van der Waals surface area contributed by atoms with Crippen LogP contribution in [0.4, 0.5) is 0 Å². The van der Waals surface area contributed by atoms with Crippen LogP contribution in [0.15, 0.2) is 47.1 Å². The second-order valence-electron chi connectivity index (χ2n) is 3.69. The molecule has 1 unspecified atom stereocenters. The Bertz CT molecular complexity index is 422. The Morgan fingerprint density at radius 2 is 1.94 bits per heavy atom. The molecule has 0 saturated carbocycles. The van der Waals surface area contributed by atoms with E-state index in [2.05, 4.69) is 28.1 Å². The van der Waals surface area contributed by atoms with Crippen LogP contribution in [0.1, 0.15) is 17.2 Å². The Hall–Kier alpha value is -0.730. The molecule has 84 valence electrons. The summed E-state index contributed by atoms with van der Waals surface area (Å²) in [6, 6.07) is 11.9. The lowest BCUT2D eigenvalue weighted by molar-refractivity contribution is 0.494. The second-order valence-corrected chi connectivity index (χ2v) is 4.77. The second kappa shape index (κ2) is 5.55. The molecule has 0 aliphatic carbocycles. The fourth-order valence-electron chi connectivity index (χ4n) is 1.67. The molecule has 0 amide bonds. The molecule has 0 aliphatic rings. The van der Waals surface area contributed by atoms with Gasteiger partial charge in [0.15, 0.2) is 0 Å². The van der Waals surface area contributed by atoms with Gasteiger partial charge in [0, 0.05) is 22.7 Å². The molecule has 0 fully saturated rings. The van der Waals surface area contributed by atoms with Crippen molar-refractivity contribution in [2.75, 3.05) is 5.33 Å². The molecule has 2 aromatic rings. The lowest BCUT2D eigenvalue weighted by atomic mass is 9.97. The lowest BCUT2D eigenvalue weighted by Crippen LogP contribution is -2.03. The average molecular weight is 300 g/mol. The third-order valence-electron chi connectivity index (χ3n) is 2.56. The Labute approximate surface area is 109 Å². The molecule has 0 N–H and O–H groups in total. The topological polar surface area (TPSA) is 13.1 Å². The van der Waals surface area contributed by atoms with E-state index in [0.29, 0.717) is 5.92 Å². The number of hydrogen-bond donors (Lipinski definition) is 0. The number of benzene rings is 1. The van der Waals surface area contributed by atoms with Crippen molar-refractivity contribution in [3.63, 3.8) is 0 Å². The monoisotopic (exact) mass is 298 g/mol. The van der Waals surface area contributed by atoms with E-state index in [1.165, 1.54) is 5.56 Å². The predicted molar refractivity (Wildman–Crippen MR) is 70.4 cm³/mol. The van der Waals surface area contributed by atoms with Crippen LogP contribution in [-0.2, 0) is 6.42 Å². The van der Waals surface area contributed by atoms with Gasteiger partial charge in [-0.2, -0.15) is 0 Å². The molecule has 0 aliphatic heterocycles. The van der Waals surface area contributed by atoms with Gasteiger partial charge in [-0.05, 0) is 29.8 Å². The van der Waals surface area contributed by atoms with E-state index in [-0.39, 0.29) is 0 Å². The van der Waals surface area contributed by atoms with Gasteiger partial charge in [0.1, 0.15) is 5.76 Å². The number of rotatable bonds is 4. The third kappa shape index (κ3) is 2.89. The summed E-state index contributed by atoms with van der Waals surface area (Å²) in [5, 5.41) is 1.69. The maximum atomic E-state index is 5.87. The summed E-state index contributed by atoms with van der Waals surface area (Å²) in [6.45, 7) is 0. The van der Waals surface area contributed by atoms with Crippen LogP contribution in [0.3, 0.4) is 0 Å². The number of halogens is 2. The van der Waals surface area contributed by atoms with Crippen molar-refractivity contribution in [2.24, 2.45) is 0 Å². The molecule has 1 atom stereocenters. The zero-order chi connectivity index (χ0) is 11.4. The first-order chi connectivity index (χ1) is 7.79. The maximum absolute atomic E-state index is 5.87. The fourth-order valence-corrected chi connectivity index (χ4v) is 2.40. The number of furan rings is 1. The number of hydrogen-bond acceptors (Lipinski definition) is 1. The lowest BCUT2D eigenvalue weighted by Gasteiger charge is -2.12. The zero-order valence-electron chi connectivity index (χ0n) is 8.70. The summed E-state index contributed by atoms with van der Waals surface area (Å²) in [4.78, 5) is 0. The highest BCUT2D eigenvalue weighted by molar-refractivity contribution is 9.09. The van der Waals surface area contributed by atoms with Gasteiger partial charge in [0.25, 0.3) is 0 Å². The third-order valence-corrected chi connectivity index (χ3v) is 3.59. The first kappa shape index (κ1) is 11.7. The van der Waals surface area contributed by atoms with Crippen LogP contribution in [-0.4, -0.2) is 5.33 Å². The molecule has 0 bridgehead atoms. The average Bonchev–Trinajstić information content (AvgIpc) is 2.80. The van der Waals surface area contributed by atoms with Crippen molar-refractivity contribution in [2.45, 2.75) is 12.3 Å². The molecule has 0 radical (unpaired) electrons. The Balaban J connectivity index is 2.13. The van der Waals surface area contributed by atoms with Crippen molar-refractivity contribution in [3.8, 4) is 0 Å². The van der Waals surface area contributed by atoms with Gasteiger partial charge in [-0.25, -0.2) is 0 Å². The minimum absolute atomic E-state index is 0.420. The minimum atomic E-state index is 0.420. The van der Waals surface area contributed by atoms with Gasteiger partial charge in [-0.1, -0.05) is 39.7 Å². The molecule has 16 heavy (non-hydrogen) atoms. The van der Waals surface area contributed by atoms with E-state index in [9.17, 15) is 0 Å². The van der Waals surface area contributed by atoms with Crippen molar-refractivity contribution in [1.82, 2.24) is 0 Å². The molecule has 2 rings (SSSR count). The molecule has 1 aromatic carbocycles. The standard InChI is InChI=1S/C13H12BrClO/c14-9-11(8-13-2-1-7-16-13)10-3-5-12(15)6-4-10/h1-7,11H,8-9H2. The van der Waals surface area contributed by atoms with Crippen molar-refractivity contribution in [3.05, 3.63) is 59.0 Å². The minimum Gasteiger partial charge on any atom is -0.469 e. The van der Waals surface area contributed by atoms with E-state index in [1.807, 2.05) is 24.3 Å². The molecule has 1 nitrogen and oxygen atoms in total. The molecular formula is C13H12BrClO. The Kier molecular flexibility index (Phi) is 4.08. The molecule has 1 aromatic heterocycles. The van der Waals surface area contributed by atoms with E-state index in [4.69, 9.17) is 16.0 Å². The smallest absolute Gasteiger partial charge is 0.104 e. The highest BCUT2D eigenvalue weighted by Gasteiger charge is 2.12. The van der Waals surface area contributed by atoms with Crippen molar-refractivity contribution >= 4 is 27.5 Å². The van der Waals surface area contributed by atoms with Gasteiger partial charge in [-0.3, -0.25) is 0 Å². The van der Waals surface area contributed by atoms with Crippen LogP contribution in [0.2, 0.25) is 5.02 Å². The quantitative estimate of drug-likeness (QED) is 0.749. The molecule has 0 spiro atoms. The van der Waals surface area contributed by atoms with Gasteiger partial charge in [-0.15, -0.1) is 0 Å². The largest absolute Gasteiger partial charge is 0.469 e. The summed E-state index contributed by atoms with van der Waals surface area (Å²) in [6.07, 6.45) is 2.61. The summed E-state index contributed by atoms with van der Waals surface area (Å²) >= 11 is 9.41. The summed E-state index contributed by atoms with van der Waals surface area (Å²) in [5.41, 5.74) is 1.28. The SMILES string of the molecule is Clc1ccc(C(CBr)Cc2ccco2)cc1. The number of alkyl halides is 1. The van der Waals surface area contributed by atoms with E-state index in [1.54, 1.807) is 6.26 Å². The molecular weight excluding hydrogens is 287 g/mol. The first-order valence-corrected chi connectivity index (χ1v) is 6.63. The van der Waals surface area contributed by atoms with Crippen LogP contribution >= 0.6 is 27.5 Å². The predicted octanol–water partition coefficient (Wildman–Crippen LogP) is 4.65. The Morgan fingerprint density at radius 3 is 2.50 bits per heavy atom. The highest BCUT2D eigenvalue weighted by atomic mass is 79.9. The van der Waals surface area contributed by atoms with Gasteiger partial charge in [0.05, 0.1) is 6.26 Å². The van der Waals surface area contributed by atoms with Gasteiger partial charge < -0.3 is 4.42 Å². The summed E-state index contributed by atoms with van der Waals surface area (Å²) < 4.78 is 5.36. The van der Waals surface area contributed by atoms with Crippen molar-refractivity contribution in [1.29, 1.82) is 0 Å². The molecule has 3 heteroatoms. The van der Waals surface area contributed by atoms with Gasteiger partial charge in [0.2, 0.25) is 0 Å². The van der Waals surface area contributed by atoms with Crippen LogP contribution < -0.4 is 0 Å². The summed E-state index contributed by atoms with van der Waals surface area (Å²) in [5.74, 6) is 1.43. The maximum Gasteiger partial charge on any atom is 0.104 e. The Morgan fingerprint density at radius 1 is 1.19 bits per heavy atom. The normalized spacial score (nSPS) is 12.6. The zero-order valence-corrected chi connectivity index (χ0v) is 11.0. The fraction of sp³-hybridized carbons (Fsp3) is 0.231. The van der Waals surface area contributed by atoms with Crippen LogP contribution in [0.5, 0.6) is 0 Å².